The van der Waals surface area contributed by atoms with E-state index < -0.39 is 0 Å². The Morgan fingerprint density at radius 1 is 1.50 bits per heavy atom. The first kappa shape index (κ1) is 10.3. The molecule has 0 amide bonds. The summed E-state index contributed by atoms with van der Waals surface area (Å²) in [6.07, 6.45) is 9.48. The topological polar surface area (TPSA) is 43.8 Å². The van der Waals surface area contributed by atoms with Crippen molar-refractivity contribution in [1.82, 2.24) is 9.78 Å². The zero-order valence-corrected chi connectivity index (χ0v) is 9.97. The SMILES string of the molecule is CCCn1cc(C(N)C2C3CCCC32)cn1. The third-order valence-corrected chi connectivity index (χ3v) is 4.38. The Morgan fingerprint density at radius 2 is 2.25 bits per heavy atom. The fourth-order valence-corrected chi connectivity index (χ4v) is 3.53. The van der Waals surface area contributed by atoms with Gasteiger partial charge in [0.25, 0.3) is 0 Å². The van der Waals surface area contributed by atoms with Gasteiger partial charge in [-0.05, 0) is 37.0 Å². The number of aromatic nitrogens is 2. The maximum atomic E-state index is 6.35. The van der Waals surface area contributed by atoms with Crippen LogP contribution < -0.4 is 5.73 Å². The molecule has 3 unspecified atom stereocenters. The van der Waals surface area contributed by atoms with Crippen LogP contribution in [0, 0.1) is 17.8 Å². The summed E-state index contributed by atoms with van der Waals surface area (Å²) in [6.45, 7) is 3.18. The van der Waals surface area contributed by atoms with Crippen LogP contribution in [0.5, 0.6) is 0 Å². The fraction of sp³-hybridized carbons (Fsp3) is 0.769. The number of hydrogen-bond acceptors (Lipinski definition) is 2. The zero-order chi connectivity index (χ0) is 11.1. The van der Waals surface area contributed by atoms with Crippen LogP contribution in [0.3, 0.4) is 0 Å². The van der Waals surface area contributed by atoms with E-state index >= 15 is 0 Å². The van der Waals surface area contributed by atoms with Gasteiger partial charge in [-0.25, -0.2) is 0 Å². The van der Waals surface area contributed by atoms with Crippen molar-refractivity contribution in [2.24, 2.45) is 23.5 Å². The number of nitrogens with two attached hydrogens (primary N) is 1. The number of nitrogens with zero attached hydrogens (tertiary/aromatic N) is 2. The highest BCUT2D eigenvalue weighted by Crippen LogP contribution is 2.61. The van der Waals surface area contributed by atoms with Crippen LogP contribution in [0.15, 0.2) is 12.4 Å². The maximum absolute atomic E-state index is 6.35. The van der Waals surface area contributed by atoms with Crippen molar-refractivity contribution in [1.29, 1.82) is 0 Å². The molecule has 0 spiro atoms. The van der Waals surface area contributed by atoms with Gasteiger partial charge in [-0.1, -0.05) is 13.3 Å². The van der Waals surface area contributed by atoms with Gasteiger partial charge in [-0.2, -0.15) is 5.10 Å². The van der Waals surface area contributed by atoms with Crippen molar-refractivity contribution in [3.05, 3.63) is 18.0 Å². The van der Waals surface area contributed by atoms with Crippen LogP contribution in [0.1, 0.15) is 44.2 Å². The zero-order valence-electron chi connectivity index (χ0n) is 9.97. The van der Waals surface area contributed by atoms with E-state index in [0.717, 1.165) is 30.7 Å². The Hall–Kier alpha value is -0.830. The van der Waals surface area contributed by atoms with Gasteiger partial charge in [0.05, 0.1) is 6.20 Å². The highest BCUT2D eigenvalue weighted by molar-refractivity contribution is 5.18. The Labute approximate surface area is 97.0 Å². The molecule has 88 valence electrons. The van der Waals surface area contributed by atoms with Crippen LogP contribution in [-0.4, -0.2) is 9.78 Å². The summed E-state index contributed by atoms with van der Waals surface area (Å²) in [4.78, 5) is 0. The number of fused-ring (bicyclic) bond motifs is 1. The molecule has 16 heavy (non-hydrogen) atoms. The number of rotatable bonds is 4. The summed E-state index contributed by atoms with van der Waals surface area (Å²) in [5.74, 6) is 2.63. The molecule has 1 aromatic heterocycles. The predicted molar refractivity (Wildman–Crippen MR) is 63.8 cm³/mol. The summed E-state index contributed by atoms with van der Waals surface area (Å²) in [5.41, 5.74) is 7.59. The first-order chi connectivity index (χ1) is 7.81. The van der Waals surface area contributed by atoms with Gasteiger partial charge in [0.15, 0.2) is 0 Å². The first-order valence-electron chi connectivity index (χ1n) is 6.59. The molecule has 2 N–H and O–H groups in total. The van der Waals surface area contributed by atoms with Gasteiger partial charge in [0.2, 0.25) is 0 Å². The summed E-state index contributed by atoms with van der Waals surface area (Å²) in [6, 6.07) is 0.237. The van der Waals surface area contributed by atoms with Crippen LogP contribution in [0.4, 0.5) is 0 Å². The first-order valence-corrected chi connectivity index (χ1v) is 6.59. The van der Waals surface area contributed by atoms with Crippen molar-refractivity contribution >= 4 is 0 Å². The molecule has 0 aliphatic heterocycles. The lowest BCUT2D eigenvalue weighted by atomic mass is 10.0. The lowest BCUT2D eigenvalue weighted by Gasteiger charge is -2.11. The van der Waals surface area contributed by atoms with Gasteiger partial charge in [-0.3, -0.25) is 4.68 Å². The van der Waals surface area contributed by atoms with E-state index in [-0.39, 0.29) is 6.04 Å². The maximum Gasteiger partial charge on any atom is 0.0537 e. The molecule has 3 rings (SSSR count). The second-order valence-electron chi connectivity index (χ2n) is 5.40. The van der Waals surface area contributed by atoms with E-state index in [1.54, 1.807) is 0 Å². The average Bonchev–Trinajstić information content (AvgIpc) is 2.73. The van der Waals surface area contributed by atoms with Crippen molar-refractivity contribution < 1.29 is 0 Å². The van der Waals surface area contributed by atoms with E-state index in [0.29, 0.717) is 0 Å². The third kappa shape index (κ3) is 1.58. The lowest BCUT2D eigenvalue weighted by molar-refractivity contribution is 0.501. The number of aryl methyl sites for hydroxylation is 1. The summed E-state index contributed by atoms with van der Waals surface area (Å²) < 4.78 is 2.02. The van der Waals surface area contributed by atoms with Crippen molar-refractivity contribution in [2.45, 2.75) is 45.2 Å². The molecule has 0 aromatic carbocycles. The highest BCUT2D eigenvalue weighted by Gasteiger charge is 2.55. The average molecular weight is 219 g/mol. The molecule has 2 saturated carbocycles. The molecule has 1 aromatic rings. The van der Waals surface area contributed by atoms with E-state index in [1.165, 1.54) is 24.8 Å². The molecule has 3 atom stereocenters. The Kier molecular flexibility index (Phi) is 2.51. The van der Waals surface area contributed by atoms with Gasteiger partial charge < -0.3 is 5.73 Å². The predicted octanol–water partition coefficient (Wildman–Crippen LogP) is 2.34. The van der Waals surface area contributed by atoms with Crippen molar-refractivity contribution in [3.8, 4) is 0 Å². The van der Waals surface area contributed by atoms with E-state index in [1.807, 2.05) is 10.9 Å². The van der Waals surface area contributed by atoms with E-state index in [4.69, 9.17) is 5.73 Å². The summed E-state index contributed by atoms with van der Waals surface area (Å²) >= 11 is 0. The fourth-order valence-electron chi connectivity index (χ4n) is 3.53. The highest BCUT2D eigenvalue weighted by atomic mass is 15.3. The molecule has 3 heteroatoms. The molecule has 2 fully saturated rings. The molecule has 3 nitrogen and oxygen atoms in total. The normalized spacial score (nSPS) is 33.8. The van der Waals surface area contributed by atoms with Crippen molar-refractivity contribution in [2.75, 3.05) is 0 Å². The Balaban J connectivity index is 1.67. The molecule has 0 radical (unpaired) electrons. The Bertz CT molecular complexity index is 361. The van der Waals surface area contributed by atoms with Crippen LogP contribution >= 0.6 is 0 Å². The third-order valence-electron chi connectivity index (χ3n) is 4.38. The molecule has 2 aliphatic rings. The standard InChI is InChI=1S/C13H21N3/c1-2-6-16-8-9(7-15-16)13(14)12-10-4-3-5-11(10)12/h7-8,10-13H,2-6,14H2,1H3. The van der Waals surface area contributed by atoms with Crippen LogP contribution in [-0.2, 0) is 6.54 Å². The second-order valence-corrected chi connectivity index (χ2v) is 5.40. The smallest absolute Gasteiger partial charge is 0.0537 e. The summed E-state index contributed by atoms with van der Waals surface area (Å²) in [5, 5.41) is 4.37. The monoisotopic (exact) mass is 219 g/mol. The lowest BCUT2D eigenvalue weighted by Crippen LogP contribution is -2.14. The number of hydrogen-bond donors (Lipinski definition) is 1. The molecule has 0 bridgehead atoms. The summed E-state index contributed by atoms with van der Waals surface area (Å²) in [7, 11) is 0. The van der Waals surface area contributed by atoms with Gasteiger partial charge >= 0.3 is 0 Å². The van der Waals surface area contributed by atoms with Gasteiger partial charge in [0.1, 0.15) is 0 Å². The Morgan fingerprint density at radius 3 is 2.94 bits per heavy atom. The van der Waals surface area contributed by atoms with E-state index in [9.17, 15) is 0 Å². The van der Waals surface area contributed by atoms with E-state index in [2.05, 4.69) is 18.2 Å². The van der Waals surface area contributed by atoms with Crippen LogP contribution in [0.2, 0.25) is 0 Å². The molecule has 2 aliphatic carbocycles. The molecular weight excluding hydrogens is 198 g/mol. The van der Waals surface area contributed by atoms with Crippen LogP contribution in [0.25, 0.3) is 0 Å². The molecular formula is C13H21N3. The second kappa shape index (κ2) is 3.88. The molecule has 1 heterocycles. The minimum absolute atomic E-state index is 0.237. The molecule has 0 saturated heterocycles. The largest absolute Gasteiger partial charge is 0.324 e. The minimum atomic E-state index is 0.237. The quantitative estimate of drug-likeness (QED) is 0.844. The minimum Gasteiger partial charge on any atom is -0.324 e. The van der Waals surface area contributed by atoms with Gasteiger partial charge in [0, 0.05) is 24.3 Å². The van der Waals surface area contributed by atoms with Crippen molar-refractivity contribution in [3.63, 3.8) is 0 Å². The van der Waals surface area contributed by atoms with Gasteiger partial charge in [-0.15, -0.1) is 0 Å².